The summed E-state index contributed by atoms with van der Waals surface area (Å²) in [4.78, 5) is 4.39. The topological polar surface area (TPSA) is 41.8 Å². The summed E-state index contributed by atoms with van der Waals surface area (Å²) in [6.07, 6.45) is 2.29. The third-order valence-corrected chi connectivity index (χ3v) is 4.60. The first-order valence-electron chi connectivity index (χ1n) is 7.99. The van der Waals surface area contributed by atoms with Crippen molar-refractivity contribution >= 4 is 35.1 Å². The van der Waals surface area contributed by atoms with Crippen molar-refractivity contribution in [3.8, 4) is 11.5 Å². The second-order valence-corrected chi connectivity index (χ2v) is 6.55. The summed E-state index contributed by atoms with van der Waals surface area (Å²) < 4.78 is 5.13. The molecule has 0 bridgehead atoms. The van der Waals surface area contributed by atoms with Crippen molar-refractivity contribution in [3.05, 3.63) is 87.4 Å². The van der Waals surface area contributed by atoms with Gasteiger partial charge in [-0.2, -0.15) is 0 Å². The fraction of sp³-hybridized carbons (Fsp3) is 0.0952. The molecule has 0 saturated heterocycles. The number of aliphatic imine (C=N–C) groups is 1. The van der Waals surface area contributed by atoms with Crippen LogP contribution in [-0.2, 0) is 6.42 Å². The highest BCUT2D eigenvalue weighted by Crippen LogP contribution is 2.29. The van der Waals surface area contributed by atoms with Crippen LogP contribution in [0.2, 0.25) is 10.0 Å². The van der Waals surface area contributed by atoms with Gasteiger partial charge in [-0.05, 0) is 53.9 Å². The van der Waals surface area contributed by atoms with Crippen molar-refractivity contribution in [1.82, 2.24) is 0 Å². The maximum absolute atomic E-state index is 10.1. The molecule has 0 aromatic heterocycles. The molecule has 3 rings (SSSR count). The predicted molar refractivity (Wildman–Crippen MR) is 108 cm³/mol. The molecule has 0 aliphatic carbocycles. The highest BCUT2D eigenvalue weighted by molar-refractivity contribution is 6.32. The minimum atomic E-state index is 0.163. The van der Waals surface area contributed by atoms with Crippen LogP contribution in [0.15, 0.2) is 65.7 Å². The lowest BCUT2D eigenvalue weighted by molar-refractivity contribution is 0.415. The van der Waals surface area contributed by atoms with Crippen LogP contribution in [-0.4, -0.2) is 18.4 Å². The Balaban J connectivity index is 1.84. The number of halogens is 2. The first kappa shape index (κ1) is 18.3. The van der Waals surface area contributed by atoms with Crippen molar-refractivity contribution in [2.24, 2.45) is 4.99 Å². The lowest BCUT2D eigenvalue weighted by Crippen LogP contribution is -1.92. The highest BCUT2D eigenvalue weighted by atomic mass is 35.5. The third kappa shape index (κ3) is 4.37. The van der Waals surface area contributed by atoms with E-state index in [9.17, 15) is 5.11 Å². The van der Waals surface area contributed by atoms with E-state index < -0.39 is 0 Å². The number of hydrogen-bond donors (Lipinski definition) is 1. The molecule has 0 saturated carbocycles. The minimum Gasteiger partial charge on any atom is -0.507 e. The van der Waals surface area contributed by atoms with Crippen molar-refractivity contribution in [2.75, 3.05) is 7.11 Å². The molecule has 5 heteroatoms. The lowest BCUT2D eigenvalue weighted by atomic mass is 10.0. The number of aromatic hydroxyl groups is 1. The molecule has 0 heterocycles. The quantitative estimate of drug-likeness (QED) is 0.543. The van der Waals surface area contributed by atoms with Gasteiger partial charge in [-0.3, -0.25) is 4.99 Å². The van der Waals surface area contributed by atoms with E-state index in [4.69, 9.17) is 27.9 Å². The van der Waals surface area contributed by atoms with Gasteiger partial charge in [-0.1, -0.05) is 47.5 Å². The Morgan fingerprint density at radius 1 is 1.00 bits per heavy atom. The minimum absolute atomic E-state index is 0.163. The van der Waals surface area contributed by atoms with Gasteiger partial charge in [-0.25, -0.2) is 0 Å². The monoisotopic (exact) mass is 385 g/mol. The SMILES string of the molecule is COc1ccc(N=Cc2cc(Cc3ccccc3Cl)ccc2O)cc1Cl. The zero-order valence-corrected chi connectivity index (χ0v) is 15.6. The van der Waals surface area contributed by atoms with E-state index >= 15 is 0 Å². The number of benzene rings is 3. The van der Waals surface area contributed by atoms with Crippen LogP contribution >= 0.6 is 23.2 Å². The number of ether oxygens (including phenoxy) is 1. The van der Waals surface area contributed by atoms with E-state index in [0.29, 0.717) is 28.4 Å². The first-order valence-corrected chi connectivity index (χ1v) is 8.75. The Labute approximate surface area is 162 Å². The molecule has 1 N–H and O–H groups in total. The van der Waals surface area contributed by atoms with Crippen LogP contribution in [0.5, 0.6) is 11.5 Å². The van der Waals surface area contributed by atoms with E-state index in [1.807, 2.05) is 36.4 Å². The summed E-state index contributed by atoms with van der Waals surface area (Å²) in [5.41, 5.74) is 3.36. The Hall–Kier alpha value is -2.49. The summed E-state index contributed by atoms with van der Waals surface area (Å²) >= 11 is 12.3. The molecule has 0 aliphatic rings. The second-order valence-electron chi connectivity index (χ2n) is 5.74. The van der Waals surface area contributed by atoms with Crippen LogP contribution in [0.3, 0.4) is 0 Å². The second kappa shape index (κ2) is 8.26. The maximum atomic E-state index is 10.1. The van der Waals surface area contributed by atoms with E-state index in [1.165, 1.54) is 0 Å². The van der Waals surface area contributed by atoms with Gasteiger partial charge in [0.1, 0.15) is 11.5 Å². The van der Waals surface area contributed by atoms with Gasteiger partial charge >= 0.3 is 0 Å². The van der Waals surface area contributed by atoms with Crippen molar-refractivity contribution < 1.29 is 9.84 Å². The molecule has 132 valence electrons. The van der Waals surface area contributed by atoms with E-state index in [0.717, 1.165) is 16.1 Å². The summed E-state index contributed by atoms with van der Waals surface area (Å²) in [5.74, 6) is 0.756. The zero-order valence-electron chi connectivity index (χ0n) is 14.1. The molecular formula is C21H17Cl2NO2. The normalized spacial score (nSPS) is 11.0. The highest BCUT2D eigenvalue weighted by Gasteiger charge is 2.05. The smallest absolute Gasteiger partial charge is 0.137 e. The van der Waals surface area contributed by atoms with E-state index in [-0.39, 0.29) is 5.75 Å². The summed E-state index contributed by atoms with van der Waals surface area (Å²) in [7, 11) is 1.56. The number of hydrogen-bond acceptors (Lipinski definition) is 3. The molecule has 0 radical (unpaired) electrons. The Bertz CT molecular complexity index is 954. The van der Waals surface area contributed by atoms with Gasteiger partial charge in [0.25, 0.3) is 0 Å². The summed E-state index contributed by atoms with van der Waals surface area (Å²) in [5, 5.41) is 11.3. The summed E-state index contributed by atoms with van der Waals surface area (Å²) in [6, 6.07) is 18.4. The van der Waals surface area contributed by atoms with Crippen LogP contribution < -0.4 is 4.74 Å². The van der Waals surface area contributed by atoms with Gasteiger partial charge < -0.3 is 9.84 Å². The molecule has 26 heavy (non-hydrogen) atoms. The van der Waals surface area contributed by atoms with E-state index in [1.54, 1.807) is 37.6 Å². The third-order valence-electron chi connectivity index (χ3n) is 3.93. The Morgan fingerprint density at radius 3 is 2.54 bits per heavy atom. The molecule has 0 amide bonds. The number of rotatable bonds is 5. The van der Waals surface area contributed by atoms with Gasteiger partial charge in [0.05, 0.1) is 17.8 Å². The van der Waals surface area contributed by atoms with Gasteiger partial charge in [-0.15, -0.1) is 0 Å². The van der Waals surface area contributed by atoms with Gasteiger partial charge in [0.15, 0.2) is 0 Å². The molecule has 0 aliphatic heterocycles. The Morgan fingerprint density at radius 2 is 1.81 bits per heavy atom. The van der Waals surface area contributed by atoms with Crippen LogP contribution in [0.4, 0.5) is 5.69 Å². The Kier molecular flexibility index (Phi) is 5.82. The molecule has 0 unspecified atom stereocenters. The predicted octanol–water partition coefficient (Wildman–Crippen LogP) is 6.05. The first-order chi connectivity index (χ1) is 12.6. The average Bonchev–Trinajstić information content (AvgIpc) is 2.64. The fourth-order valence-electron chi connectivity index (χ4n) is 2.56. The van der Waals surface area contributed by atoms with Crippen LogP contribution in [0.1, 0.15) is 16.7 Å². The van der Waals surface area contributed by atoms with Crippen LogP contribution in [0, 0.1) is 0 Å². The molecule has 3 nitrogen and oxygen atoms in total. The molecular weight excluding hydrogens is 369 g/mol. The number of methoxy groups -OCH3 is 1. The number of phenols is 1. The molecule has 0 fully saturated rings. The molecule has 3 aromatic rings. The average molecular weight is 386 g/mol. The zero-order chi connectivity index (χ0) is 18.5. The molecule has 0 atom stereocenters. The number of nitrogens with zero attached hydrogens (tertiary/aromatic N) is 1. The maximum Gasteiger partial charge on any atom is 0.137 e. The lowest BCUT2D eigenvalue weighted by Gasteiger charge is -2.07. The molecule has 3 aromatic carbocycles. The largest absolute Gasteiger partial charge is 0.507 e. The van der Waals surface area contributed by atoms with Crippen LogP contribution in [0.25, 0.3) is 0 Å². The van der Waals surface area contributed by atoms with Crippen molar-refractivity contribution in [1.29, 1.82) is 0 Å². The van der Waals surface area contributed by atoms with Gasteiger partial charge in [0, 0.05) is 16.8 Å². The number of phenolic OH excluding ortho intramolecular Hbond substituents is 1. The summed E-state index contributed by atoms with van der Waals surface area (Å²) in [6.45, 7) is 0. The molecule has 0 spiro atoms. The van der Waals surface area contributed by atoms with Gasteiger partial charge in [0.2, 0.25) is 0 Å². The van der Waals surface area contributed by atoms with Crippen molar-refractivity contribution in [3.63, 3.8) is 0 Å². The standard InChI is InChI=1S/C21H17Cl2NO2/c1-26-21-9-7-17(12-19(21)23)24-13-16-11-14(6-8-20(16)25)10-15-4-2-3-5-18(15)22/h2-9,11-13,25H,10H2,1H3. The van der Waals surface area contributed by atoms with E-state index in [2.05, 4.69) is 4.99 Å². The fourth-order valence-corrected chi connectivity index (χ4v) is 3.01. The van der Waals surface area contributed by atoms with Crippen molar-refractivity contribution in [2.45, 2.75) is 6.42 Å².